The SMILES string of the molecule is CN(C)CCNc1nc(/C=C/c2ccc(F)c(F)c2)nc2ccc(Cl)cc12. The standard InChI is InChI=1S/C20H19ClF2N4/c1-27(2)10-9-24-20-15-12-14(21)5-7-18(15)25-19(26-20)8-4-13-3-6-16(22)17(23)11-13/h3-8,11-12H,9-10H2,1-2H3,(H,24,25,26)/b8-4+. The van der Waals surface area contributed by atoms with Crippen LogP contribution in [0.3, 0.4) is 0 Å². The summed E-state index contributed by atoms with van der Waals surface area (Å²) < 4.78 is 26.4. The topological polar surface area (TPSA) is 41.0 Å². The van der Waals surface area contributed by atoms with Crippen molar-refractivity contribution in [1.29, 1.82) is 0 Å². The summed E-state index contributed by atoms with van der Waals surface area (Å²) >= 11 is 6.11. The highest BCUT2D eigenvalue weighted by Crippen LogP contribution is 2.24. The highest BCUT2D eigenvalue weighted by Gasteiger charge is 2.08. The van der Waals surface area contributed by atoms with Crippen molar-refractivity contribution in [3.8, 4) is 0 Å². The zero-order valence-electron chi connectivity index (χ0n) is 15.0. The lowest BCUT2D eigenvalue weighted by Gasteiger charge is -2.13. The molecule has 0 spiro atoms. The summed E-state index contributed by atoms with van der Waals surface area (Å²) in [7, 11) is 3.99. The Balaban J connectivity index is 1.93. The first-order valence-corrected chi connectivity index (χ1v) is 8.79. The van der Waals surface area contributed by atoms with Crippen molar-refractivity contribution in [1.82, 2.24) is 14.9 Å². The Hall–Kier alpha value is -2.57. The van der Waals surface area contributed by atoms with E-state index in [4.69, 9.17) is 11.6 Å². The number of halogens is 3. The van der Waals surface area contributed by atoms with E-state index >= 15 is 0 Å². The molecule has 0 radical (unpaired) electrons. The zero-order chi connectivity index (χ0) is 19.4. The van der Waals surface area contributed by atoms with E-state index in [1.165, 1.54) is 6.07 Å². The number of nitrogens with one attached hydrogen (secondary N) is 1. The molecule has 0 unspecified atom stereocenters. The molecule has 3 aromatic rings. The molecule has 0 saturated heterocycles. The number of nitrogens with zero attached hydrogens (tertiary/aromatic N) is 3. The lowest BCUT2D eigenvalue weighted by molar-refractivity contribution is 0.425. The number of likely N-dealkylation sites (N-methyl/N-ethyl adjacent to an activating group) is 1. The first kappa shape index (κ1) is 19.2. The molecule has 0 aliphatic heterocycles. The number of anilines is 1. The molecule has 0 fully saturated rings. The fourth-order valence-electron chi connectivity index (χ4n) is 2.51. The third-order valence-electron chi connectivity index (χ3n) is 3.90. The van der Waals surface area contributed by atoms with Crippen LogP contribution >= 0.6 is 11.6 Å². The Morgan fingerprint density at radius 1 is 1.04 bits per heavy atom. The quantitative estimate of drug-likeness (QED) is 0.664. The third kappa shape index (κ3) is 4.99. The normalized spacial score (nSPS) is 11.6. The molecule has 0 aliphatic carbocycles. The van der Waals surface area contributed by atoms with Crippen LogP contribution < -0.4 is 5.32 Å². The van der Waals surface area contributed by atoms with Crippen LogP contribution in [0.15, 0.2) is 36.4 Å². The fourth-order valence-corrected chi connectivity index (χ4v) is 2.68. The van der Waals surface area contributed by atoms with Crippen LogP contribution in [0, 0.1) is 11.6 Å². The van der Waals surface area contributed by atoms with Crippen molar-refractivity contribution in [3.05, 3.63) is 64.4 Å². The van der Waals surface area contributed by atoms with Gasteiger partial charge >= 0.3 is 0 Å². The van der Waals surface area contributed by atoms with Crippen LogP contribution in [0.5, 0.6) is 0 Å². The number of benzene rings is 2. The molecule has 1 N–H and O–H groups in total. The van der Waals surface area contributed by atoms with Crippen molar-refractivity contribution >= 4 is 40.5 Å². The Morgan fingerprint density at radius 2 is 1.85 bits per heavy atom. The van der Waals surface area contributed by atoms with E-state index in [0.717, 1.165) is 29.6 Å². The summed E-state index contributed by atoms with van der Waals surface area (Å²) in [5.41, 5.74) is 1.27. The number of hydrogen-bond donors (Lipinski definition) is 1. The van der Waals surface area contributed by atoms with Gasteiger partial charge in [-0.15, -0.1) is 0 Å². The zero-order valence-corrected chi connectivity index (χ0v) is 15.8. The van der Waals surface area contributed by atoms with Crippen LogP contribution in [-0.4, -0.2) is 42.1 Å². The Morgan fingerprint density at radius 3 is 2.59 bits per heavy atom. The lowest BCUT2D eigenvalue weighted by atomic mass is 10.2. The van der Waals surface area contributed by atoms with E-state index in [1.807, 2.05) is 26.2 Å². The van der Waals surface area contributed by atoms with Gasteiger partial charge in [-0.05, 0) is 56.1 Å². The average molecular weight is 389 g/mol. The van der Waals surface area contributed by atoms with E-state index in [9.17, 15) is 8.78 Å². The molecule has 1 aromatic heterocycles. The molecular formula is C20H19ClF2N4. The largest absolute Gasteiger partial charge is 0.368 e. The molecule has 3 rings (SSSR count). The molecule has 140 valence electrons. The number of fused-ring (bicyclic) bond motifs is 1. The Labute approximate surface area is 161 Å². The van der Waals surface area contributed by atoms with Crippen molar-refractivity contribution < 1.29 is 8.78 Å². The molecule has 0 amide bonds. The van der Waals surface area contributed by atoms with Crippen LogP contribution in [-0.2, 0) is 0 Å². The Kier molecular flexibility index (Phi) is 5.98. The van der Waals surface area contributed by atoms with Gasteiger partial charge in [0.15, 0.2) is 17.5 Å². The molecule has 7 heteroatoms. The molecule has 0 aliphatic rings. The van der Waals surface area contributed by atoms with E-state index in [1.54, 1.807) is 18.2 Å². The van der Waals surface area contributed by atoms with Crippen LogP contribution in [0.25, 0.3) is 23.1 Å². The number of rotatable bonds is 6. The Bertz CT molecular complexity index is 989. The fraction of sp³-hybridized carbons (Fsp3) is 0.200. The van der Waals surface area contributed by atoms with Gasteiger partial charge in [-0.1, -0.05) is 23.7 Å². The van der Waals surface area contributed by atoms with E-state index < -0.39 is 11.6 Å². The molecule has 0 bridgehead atoms. The van der Waals surface area contributed by atoms with Crippen molar-refractivity contribution in [2.24, 2.45) is 0 Å². The summed E-state index contributed by atoms with van der Waals surface area (Å²) in [6, 6.07) is 9.12. The highest BCUT2D eigenvalue weighted by atomic mass is 35.5. The number of aromatic nitrogens is 2. The summed E-state index contributed by atoms with van der Waals surface area (Å²) in [5, 5.41) is 4.74. The van der Waals surface area contributed by atoms with E-state index in [0.29, 0.717) is 28.8 Å². The monoisotopic (exact) mass is 388 g/mol. The summed E-state index contributed by atoms with van der Waals surface area (Å²) in [6.07, 6.45) is 3.31. The first-order chi connectivity index (χ1) is 12.9. The van der Waals surface area contributed by atoms with Gasteiger partial charge in [0.25, 0.3) is 0 Å². The third-order valence-corrected chi connectivity index (χ3v) is 4.13. The minimum Gasteiger partial charge on any atom is -0.368 e. The van der Waals surface area contributed by atoms with Crippen LogP contribution in [0.2, 0.25) is 5.02 Å². The van der Waals surface area contributed by atoms with Gasteiger partial charge in [0.05, 0.1) is 5.52 Å². The summed E-state index contributed by atoms with van der Waals surface area (Å²) in [6.45, 7) is 1.55. The first-order valence-electron chi connectivity index (χ1n) is 8.41. The van der Waals surface area contributed by atoms with Gasteiger partial charge < -0.3 is 10.2 Å². The molecule has 4 nitrogen and oxygen atoms in total. The molecule has 1 heterocycles. The van der Waals surface area contributed by atoms with Gasteiger partial charge in [0.2, 0.25) is 0 Å². The molecule has 27 heavy (non-hydrogen) atoms. The summed E-state index contributed by atoms with van der Waals surface area (Å²) in [4.78, 5) is 11.1. The maximum atomic E-state index is 13.4. The second-order valence-corrected chi connectivity index (χ2v) is 6.77. The van der Waals surface area contributed by atoms with Gasteiger partial charge in [0.1, 0.15) is 5.82 Å². The second kappa shape index (κ2) is 8.41. The number of hydrogen-bond acceptors (Lipinski definition) is 4. The summed E-state index contributed by atoms with van der Waals surface area (Å²) in [5.74, 6) is -0.633. The lowest BCUT2D eigenvalue weighted by Crippen LogP contribution is -2.21. The predicted octanol–water partition coefficient (Wildman–Crippen LogP) is 4.71. The maximum Gasteiger partial charge on any atom is 0.159 e. The van der Waals surface area contributed by atoms with Crippen LogP contribution in [0.1, 0.15) is 11.4 Å². The molecule has 2 aromatic carbocycles. The van der Waals surface area contributed by atoms with Crippen molar-refractivity contribution in [2.45, 2.75) is 0 Å². The van der Waals surface area contributed by atoms with Gasteiger partial charge in [-0.3, -0.25) is 0 Å². The molecule has 0 atom stereocenters. The average Bonchev–Trinajstić information content (AvgIpc) is 2.62. The van der Waals surface area contributed by atoms with Gasteiger partial charge in [-0.25, -0.2) is 18.7 Å². The maximum absolute atomic E-state index is 13.4. The minimum absolute atomic E-state index is 0.460. The van der Waals surface area contributed by atoms with Crippen molar-refractivity contribution in [2.75, 3.05) is 32.5 Å². The van der Waals surface area contributed by atoms with Crippen LogP contribution in [0.4, 0.5) is 14.6 Å². The van der Waals surface area contributed by atoms with E-state index in [2.05, 4.69) is 20.2 Å². The van der Waals surface area contributed by atoms with Crippen molar-refractivity contribution in [3.63, 3.8) is 0 Å². The molecule has 0 saturated carbocycles. The second-order valence-electron chi connectivity index (χ2n) is 6.33. The van der Waals surface area contributed by atoms with Gasteiger partial charge in [0, 0.05) is 23.5 Å². The molecular weight excluding hydrogens is 370 g/mol. The van der Waals surface area contributed by atoms with E-state index in [-0.39, 0.29) is 0 Å². The minimum atomic E-state index is -0.891. The smallest absolute Gasteiger partial charge is 0.159 e. The van der Waals surface area contributed by atoms with Gasteiger partial charge in [-0.2, -0.15) is 0 Å². The highest BCUT2D eigenvalue weighted by molar-refractivity contribution is 6.31. The predicted molar refractivity (Wildman–Crippen MR) is 107 cm³/mol.